The maximum Gasteiger partial charge on any atom is 0.295 e. The third kappa shape index (κ3) is 6.68. The van der Waals surface area contributed by atoms with E-state index in [1.807, 2.05) is 0 Å². The topological polar surface area (TPSA) is 264 Å². The molecule has 7 N–H and O–H groups in total. The summed E-state index contributed by atoms with van der Waals surface area (Å²) in [7, 11) is -20.5. The number of fused-ring (bicyclic) bond motifs is 1. The van der Waals surface area contributed by atoms with Crippen LogP contribution in [0.2, 0.25) is 0 Å². The molecule has 0 spiro atoms. The summed E-state index contributed by atoms with van der Waals surface area (Å²) in [6, 6.07) is 10.3. The number of nitrogen functional groups attached to an aromatic ring is 1. The van der Waals surface area contributed by atoms with E-state index in [0.717, 1.165) is 23.8 Å². The van der Waals surface area contributed by atoms with Gasteiger partial charge in [-0.25, -0.2) is 8.42 Å². The van der Waals surface area contributed by atoms with Gasteiger partial charge in [-0.3, -0.25) is 23.2 Å². The second kappa shape index (κ2) is 11.1. The highest BCUT2D eigenvalue weighted by molar-refractivity contribution is 7.92. The quantitative estimate of drug-likeness (QED) is 0.115. The fraction of sp³-hybridized carbons (Fsp3) is 0.0800. The summed E-state index contributed by atoms with van der Waals surface area (Å²) >= 11 is 0. The lowest BCUT2D eigenvalue weighted by Gasteiger charge is -2.17. The van der Waals surface area contributed by atoms with Crippen LogP contribution < -0.4 is 15.8 Å². The Bertz CT molecular complexity index is 2320. The molecule has 234 valence electrons. The predicted octanol–water partition coefficient (Wildman–Crippen LogP) is 2.83. The van der Waals surface area contributed by atoms with E-state index in [1.165, 1.54) is 18.2 Å². The number of anilines is 3. The van der Waals surface area contributed by atoms with Crippen molar-refractivity contribution in [2.45, 2.75) is 33.4 Å². The molecule has 0 aliphatic rings. The molecule has 15 nitrogen and oxygen atoms in total. The van der Waals surface area contributed by atoms with Gasteiger partial charge >= 0.3 is 0 Å². The van der Waals surface area contributed by atoms with Crippen molar-refractivity contribution < 1.29 is 52.1 Å². The highest BCUT2D eigenvalue weighted by Gasteiger charge is 2.28. The summed E-state index contributed by atoms with van der Waals surface area (Å²) in [4.78, 5) is 8.81. The number of carbonyl (C=O) groups excluding carboxylic acids is 1. The maximum absolute atomic E-state index is 13.5. The molecule has 0 atom stereocenters. The summed E-state index contributed by atoms with van der Waals surface area (Å²) < 4.78 is 130. The van der Waals surface area contributed by atoms with Gasteiger partial charge in [-0.2, -0.15) is 25.3 Å². The largest absolute Gasteiger partial charge is 0.398 e. The molecule has 0 heterocycles. The summed E-state index contributed by atoms with van der Waals surface area (Å²) in [6.07, 6.45) is 0. The van der Waals surface area contributed by atoms with E-state index in [-0.39, 0.29) is 17.3 Å². The van der Waals surface area contributed by atoms with E-state index in [1.54, 1.807) is 19.9 Å². The third-order valence-electron chi connectivity index (χ3n) is 6.42. The van der Waals surface area contributed by atoms with Crippen molar-refractivity contribution in [2.24, 2.45) is 0 Å². The highest BCUT2D eigenvalue weighted by atomic mass is 32.2. The van der Waals surface area contributed by atoms with Crippen LogP contribution in [-0.2, 0) is 40.4 Å². The Balaban J connectivity index is 1.87. The van der Waals surface area contributed by atoms with Crippen molar-refractivity contribution in [3.63, 3.8) is 0 Å². The van der Waals surface area contributed by atoms with Crippen molar-refractivity contribution in [3.8, 4) is 0 Å². The minimum atomic E-state index is -5.42. The number of hydrogen-bond acceptors (Lipinski definition) is 10. The number of amides is 1. The molecule has 4 rings (SSSR count). The summed E-state index contributed by atoms with van der Waals surface area (Å²) in [5.74, 6) is -0.610. The van der Waals surface area contributed by atoms with Gasteiger partial charge in [-0.1, -0.05) is 12.1 Å². The van der Waals surface area contributed by atoms with Gasteiger partial charge in [0.2, 0.25) is 0 Å². The molecule has 0 saturated carbocycles. The number of nitrogens with two attached hydrogens (primary N) is 1. The summed E-state index contributed by atoms with van der Waals surface area (Å²) in [6.45, 7) is 3.32. The number of benzene rings is 4. The van der Waals surface area contributed by atoms with E-state index in [9.17, 15) is 52.1 Å². The van der Waals surface area contributed by atoms with Crippen LogP contribution in [-0.4, -0.2) is 53.2 Å². The molecule has 1 amide bonds. The number of carbonyl (C=O) groups is 1. The Morgan fingerprint density at radius 2 is 1.27 bits per heavy atom. The number of aryl methyl sites for hydroxylation is 2. The second-order valence-electron chi connectivity index (χ2n) is 9.49. The molecule has 19 heteroatoms. The molecule has 0 aromatic heterocycles. The molecule has 0 saturated heterocycles. The van der Waals surface area contributed by atoms with Crippen LogP contribution in [0, 0.1) is 13.8 Å². The SMILES string of the molecule is Cc1ccc(C(=O)Nc2cc(S(=O)(=O)Nc3ccc(S(=O)(=O)O)c4cc(S(=O)(=O)O)cc(S(=O)(=O)O)c34)ccc2C)cc1N. The van der Waals surface area contributed by atoms with Crippen LogP contribution in [0.25, 0.3) is 10.8 Å². The van der Waals surface area contributed by atoms with Gasteiger partial charge in [0.15, 0.2) is 0 Å². The number of rotatable bonds is 8. The zero-order chi connectivity index (χ0) is 33.0. The summed E-state index contributed by atoms with van der Waals surface area (Å²) in [5.41, 5.74) is 7.00. The molecule has 0 aliphatic heterocycles. The lowest BCUT2D eigenvalue weighted by molar-refractivity contribution is 0.102. The predicted molar refractivity (Wildman–Crippen MR) is 159 cm³/mol. The van der Waals surface area contributed by atoms with E-state index in [4.69, 9.17) is 5.73 Å². The minimum Gasteiger partial charge on any atom is -0.398 e. The standard InChI is InChI=1S/C25H23N3O12S4/c1-13-3-5-15(9-19(13)26)25(29)27-21-11-16(6-4-14(21)2)41(30,31)28-20-7-8-22(43(35,36)37)18-10-17(42(32,33)34)12-23(24(18)20)44(38,39)40/h3-12,28H,26H2,1-2H3,(H,27,29)(H,32,33,34)(H,35,36,37)(H,38,39,40). The van der Waals surface area contributed by atoms with Gasteiger partial charge < -0.3 is 11.1 Å². The smallest absolute Gasteiger partial charge is 0.295 e. The molecule has 44 heavy (non-hydrogen) atoms. The zero-order valence-corrected chi connectivity index (χ0v) is 25.8. The molecular formula is C25H23N3O12S4. The summed E-state index contributed by atoms with van der Waals surface area (Å²) in [5, 5.41) is 0.857. The lowest BCUT2D eigenvalue weighted by atomic mass is 10.1. The van der Waals surface area contributed by atoms with Crippen LogP contribution in [0.1, 0.15) is 21.5 Å². The average molecular weight is 686 g/mol. The van der Waals surface area contributed by atoms with E-state index in [2.05, 4.69) is 10.0 Å². The van der Waals surface area contributed by atoms with Crippen LogP contribution in [0.5, 0.6) is 0 Å². The minimum absolute atomic E-state index is 0.0695. The molecular weight excluding hydrogens is 663 g/mol. The molecule has 0 radical (unpaired) electrons. The van der Waals surface area contributed by atoms with Crippen LogP contribution >= 0.6 is 0 Å². The van der Waals surface area contributed by atoms with Crippen molar-refractivity contribution in [3.05, 3.63) is 77.4 Å². The lowest BCUT2D eigenvalue weighted by Crippen LogP contribution is -2.17. The molecule has 0 fully saturated rings. The first-order chi connectivity index (χ1) is 20.1. The fourth-order valence-electron chi connectivity index (χ4n) is 4.14. The molecule has 0 bridgehead atoms. The van der Waals surface area contributed by atoms with Crippen molar-refractivity contribution in [2.75, 3.05) is 15.8 Å². The monoisotopic (exact) mass is 685 g/mol. The fourth-order valence-corrected chi connectivity index (χ4v) is 7.28. The number of nitrogens with one attached hydrogen (secondary N) is 2. The van der Waals surface area contributed by atoms with Crippen molar-refractivity contribution in [1.29, 1.82) is 0 Å². The van der Waals surface area contributed by atoms with Crippen LogP contribution in [0.4, 0.5) is 17.1 Å². The normalized spacial score (nSPS) is 12.7. The first-order valence-electron chi connectivity index (χ1n) is 11.9. The first kappa shape index (κ1) is 32.8. The number of hydrogen-bond donors (Lipinski definition) is 6. The Hall–Kier alpha value is -4.11. The average Bonchev–Trinajstić information content (AvgIpc) is 2.88. The second-order valence-corrected chi connectivity index (χ2v) is 15.4. The third-order valence-corrected chi connectivity index (χ3v) is 10.4. The number of sulfonamides is 1. The van der Waals surface area contributed by atoms with Crippen molar-refractivity contribution >= 4 is 74.1 Å². The van der Waals surface area contributed by atoms with Crippen LogP contribution in [0.15, 0.2) is 80.2 Å². The van der Waals surface area contributed by atoms with Gasteiger partial charge in [0, 0.05) is 27.7 Å². The van der Waals surface area contributed by atoms with Gasteiger partial charge in [0.25, 0.3) is 46.3 Å². The Labute approximate surface area is 252 Å². The van der Waals surface area contributed by atoms with E-state index in [0.29, 0.717) is 23.4 Å². The zero-order valence-electron chi connectivity index (χ0n) is 22.5. The molecule has 0 aliphatic carbocycles. The molecule has 4 aromatic rings. The Morgan fingerprint density at radius 1 is 0.659 bits per heavy atom. The Morgan fingerprint density at radius 3 is 1.84 bits per heavy atom. The van der Waals surface area contributed by atoms with Crippen molar-refractivity contribution in [1.82, 2.24) is 0 Å². The van der Waals surface area contributed by atoms with E-state index < -0.39 is 82.3 Å². The van der Waals surface area contributed by atoms with Gasteiger partial charge in [-0.05, 0) is 73.5 Å². The van der Waals surface area contributed by atoms with Gasteiger partial charge in [0.05, 0.1) is 15.5 Å². The highest BCUT2D eigenvalue weighted by Crippen LogP contribution is 2.38. The molecule has 4 aromatic carbocycles. The maximum atomic E-state index is 13.5. The van der Waals surface area contributed by atoms with Gasteiger partial charge in [0.1, 0.15) is 9.79 Å². The first-order valence-corrected chi connectivity index (χ1v) is 17.7. The van der Waals surface area contributed by atoms with E-state index >= 15 is 0 Å². The Kier molecular flexibility index (Phi) is 8.28. The van der Waals surface area contributed by atoms with Gasteiger partial charge in [-0.15, -0.1) is 0 Å². The molecule has 0 unspecified atom stereocenters. The van der Waals surface area contributed by atoms with Crippen LogP contribution in [0.3, 0.4) is 0 Å².